The third-order valence-corrected chi connectivity index (χ3v) is 3.20. The van der Waals surface area contributed by atoms with Crippen LogP contribution in [0.3, 0.4) is 0 Å². The van der Waals surface area contributed by atoms with Crippen LogP contribution in [0.1, 0.15) is 17.4 Å². The molecule has 1 unspecified atom stereocenters. The van der Waals surface area contributed by atoms with Crippen molar-refractivity contribution in [2.45, 2.75) is 12.5 Å². The number of benzene rings is 1. The Balaban J connectivity index is 2.18. The molecule has 16 heavy (non-hydrogen) atoms. The molecule has 0 aliphatic heterocycles. The number of aromatic nitrogens is 2. The Bertz CT molecular complexity index is 468. The third-order valence-electron chi connectivity index (χ3n) is 2.34. The van der Waals surface area contributed by atoms with Gasteiger partial charge >= 0.3 is 0 Å². The largest absolute Gasteiger partial charge is 0.347 e. The number of hydrogen-bond acceptors (Lipinski definition) is 2. The molecule has 1 aromatic carbocycles. The first-order chi connectivity index (χ1) is 7.68. The van der Waals surface area contributed by atoms with Crippen LogP contribution < -0.4 is 5.73 Å². The monoisotopic (exact) mass is 255 g/mol. The highest BCUT2D eigenvalue weighted by Crippen LogP contribution is 2.27. The third kappa shape index (κ3) is 2.38. The number of imidazole rings is 1. The summed E-state index contributed by atoms with van der Waals surface area (Å²) >= 11 is 12.0. The van der Waals surface area contributed by atoms with Crippen molar-refractivity contribution < 1.29 is 0 Å². The Labute approximate surface area is 104 Å². The van der Waals surface area contributed by atoms with E-state index in [1.807, 2.05) is 12.1 Å². The number of aromatic amines is 1. The van der Waals surface area contributed by atoms with Gasteiger partial charge in [0, 0.05) is 12.4 Å². The molecule has 3 N–H and O–H groups in total. The molecule has 0 saturated carbocycles. The lowest BCUT2D eigenvalue weighted by Gasteiger charge is -2.10. The maximum atomic E-state index is 6.08. The second-order valence-corrected chi connectivity index (χ2v) is 4.28. The fraction of sp³-hybridized carbons (Fsp3) is 0.182. The second kappa shape index (κ2) is 4.87. The molecule has 1 aromatic heterocycles. The Kier molecular flexibility index (Phi) is 3.49. The van der Waals surface area contributed by atoms with E-state index in [1.165, 1.54) is 0 Å². The average molecular weight is 256 g/mol. The number of rotatable bonds is 3. The Morgan fingerprint density at radius 1 is 1.38 bits per heavy atom. The molecule has 0 amide bonds. The van der Waals surface area contributed by atoms with Crippen LogP contribution in [0, 0.1) is 0 Å². The molecule has 2 aromatic rings. The van der Waals surface area contributed by atoms with E-state index < -0.39 is 0 Å². The van der Waals surface area contributed by atoms with Gasteiger partial charge < -0.3 is 10.7 Å². The minimum absolute atomic E-state index is 0.203. The van der Waals surface area contributed by atoms with Crippen LogP contribution in [0.4, 0.5) is 0 Å². The van der Waals surface area contributed by atoms with Crippen molar-refractivity contribution in [3.8, 4) is 0 Å². The summed E-state index contributed by atoms with van der Waals surface area (Å²) < 4.78 is 0. The summed E-state index contributed by atoms with van der Waals surface area (Å²) in [4.78, 5) is 7.09. The van der Waals surface area contributed by atoms with Gasteiger partial charge in [0.2, 0.25) is 0 Å². The quantitative estimate of drug-likeness (QED) is 0.886. The molecule has 0 spiro atoms. The van der Waals surface area contributed by atoms with Gasteiger partial charge in [-0.25, -0.2) is 4.98 Å². The molecular formula is C11H11Cl2N3. The summed E-state index contributed by atoms with van der Waals surface area (Å²) in [5.41, 5.74) is 6.92. The van der Waals surface area contributed by atoms with Crippen molar-refractivity contribution in [1.82, 2.24) is 9.97 Å². The highest BCUT2D eigenvalue weighted by molar-refractivity contribution is 6.42. The lowest BCUT2D eigenvalue weighted by Crippen LogP contribution is -2.15. The second-order valence-electron chi connectivity index (χ2n) is 3.50. The van der Waals surface area contributed by atoms with E-state index in [4.69, 9.17) is 28.9 Å². The topological polar surface area (TPSA) is 54.7 Å². The summed E-state index contributed by atoms with van der Waals surface area (Å²) in [6, 6.07) is 5.33. The maximum Gasteiger partial charge on any atom is 0.123 e. The highest BCUT2D eigenvalue weighted by Gasteiger charge is 2.12. The molecule has 0 saturated heterocycles. The molecule has 5 heteroatoms. The zero-order chi connectivity index (χ0) is 11.5. The summed E-state index contributed by atoms with van der Waals surface area (Å²) in [5, 5.41) is 1.11. The molecule has 1 heterocycles. The fourth-order valence-corrected chi connectivity index (χ4v) is 1.92. The van der Waals surface area contributed by atoms with Crippen molar-refractivity contribution >= 4 is 23.2 Å². The maximum absolute atomic E-state index is 6.08. The van der Waals surface area contributed by atoms with E-state index in [2.05, 4.69) is 9.97 Å². The number of nitrogens with zero attached hydrogens (tertiary/aromatic N) is 1. The molecule has 1 atom stereocenters. The standard InChI is InChI=1S/C11H11Cl2N3/c12-8-3-1-2-7(10(8)13)6-9(14)11-15-4-5-16-11/h1-5,9H,6,14H2,(H,15,16). The minimum Gasteiger partial charge on any atom is -0.347 e. The Morgan fingerprint density at radius 2 is 2.19 bits per heavy atom. The van der Waals surface area contributed by atoms with Crippen LogP contribution in [0.2, 0.25) is 10.0 Å². The van der Waals surface area contributed by atoms with Gasteiger partial charge in [0.1, 0.15) is 5.82 Å². The smallest absolute Gasteiger partial charge is 0.123 e. The van der Waals surface area contributed by atoms with Gasteiger partial charge in [-0.15, -0.1) is 0 Å². The number of halogens is 2. The molecule has 3 nitrogen and oxygen atoms in total. The first-order valence-corrected chi connectivity index (χ1v) is 5.62. The first-order valence-electron chi connectivity index (χ1n) is 4.86. The summed E-state index contributed by atoms with van der Waals surface area (Å²) in [5.74, 6) is 0.746. The van der Waals surface area contributed by atoms with E-state index in [9.17, 15) is 0 Å². The van der Waals surface area contributed by atoms with E-state index in [0.29, 0.717) is 16.5 Å². The summed E-state index contributed by atoms with van der Waals surface area (Å²) in [7, 11) is 0. The van der Waals surface area contributed by atoms with Gasteiger partial charge in [0.25, 0.3) is 0 Å². The van der Waals surface area contributed by atoms with Crippen molar-refractivity contribution in [2.24, 2.45) is 5.73 Å². The van der Waals surface area contributed by atoms with Gasteiger partial charge in [0.15, 0.2) is 0 Å². The van der Waals surface area contributed by atoms with Gasteiger partial charge in [-0.05, 0) is 18.1 Å². The molecule has 0 fully saturated rings. The van der Waals surface area contributed by atoms with E-state index >= 15 is 0 Å². The predicted molar refractivity (Wildman–Crippen MR) is 65.7 cm³/mol. The summed E-state index contributed by atoms with van der Waals surface area (Å²) in [6.45, 7) is 0. The molecule has 84 valence electrons. The zero-order valence-electron chi connectivity index (χ0n) is 8.45. The molecule has 2 rings (SSSR count). The van der Waals surface area contributed by atoms with Crippen molar-refractivity contribution in [3.05, 3.63) is 52.0 Å². The van der Waals surface area contributed by atoms with Crippen LogP contribution in [0.5, 0.6) is 0 Å². The van der Waals surface area contributed by atoms with Gasteiger partial charge in [-0.3, -0.25) is 0 Å². The minimum atomic E-state index is -0.203. The van der Waals surface area contributed by atoms with Crippen molar-refractivity contribution in [3.63, 3.8) is 0 Å². The van der Waals surface area contributed by atoms with Crippen molar-refractivity contribution in [2.75, 3.05) is 0 Å². The highest BCUT2D eigenvalue weighted by atomic mass is 35.5. The first kappa shape index (κ1) is 11.5. The molecule has 0 bridgehead atoms. The lowest BCUT2D eigenvalue weighted by molar-refractivity contribution is 0.678. The van der Waals surface area contributed by atoms with Gasteiger partial charge in [-0.1, -0.05) is 35.3 Å². The summed E-state index contributed by atoms with van der Waals surface area (Å²) in [6.07, 6.45) is 4.02. The zero-order valence-corrected chi connectivity index (χ0v) is 9.96. The van der Waals surface area contributed by atoms with Crippen LogP contribution >= 0.6 is 23.2 Å². The van der Waals surface area contributed by atoms with Crippen LogP contribution in [0.15, 0.2) is 30.6 Å². The predicted octanol–water partition coefficient (Wildman–Crippen LogP) is 2.96. The molecule has 0 aliphatic rings. The molecule has 0 radical (unpaired) electrons. The number of hydrogen-bond donors (Lipinski definition) is 2. The lowest BCUT2D eigenvalue weighted by atomic mass is 10.1. The Morgan fingerprint density at radius 3 is 2.88 bits per heavy atom. The van der Waals surface area contributed by atoms with Crippen LogP contribution in [0.25, 0.3) is 0 Å². The van der Waals surface area contributed by atoms with Crippen molar-refractivity contribution in [1.29, 1.82) is 0 Å². The van der Waals surface area contributed by atoms with Gasteiger partial charge in [-0.2, -0.15) is 0 Å². The molecule has 0 aliphatic carbocycles. The SMILES string of the molecule is NC(Cc1cccc(Cl)c1Cl)c1ncc[nH]1. The van der Waals surface area contributed by atoms with Gasteiger partial charge in [0.05, 0.1) is 16.1 Å². The number of nitrogens with two attached hydrogens (primary N) is 1. The molecular weight excluding hydrogens is 245 g/mol. The van der Waals surface area contributed by atoms with Crippen LogP contribution in [-0.4, -0.2) is 9.97 Å². The normalized spacial score (nSPS) is 12.7. The number of nitrogens with one attached hydrogen (secondary N) is 1. The van der Waals surface area contributed by atoms with Crippen LogP contribution in [-0.2, 0) is 6.42 Å². The van der Waals surface area contributed by atoms with E-state index in [0.717, 1.165) is 11.4 Å². The number of H-pyrrole nitrogens is 1. The fourth-order valence-electron chi connectivity index (χ4n) is 1.52. The van der Waals surface area contributed by atoms with E-state index in [1.54, 1.807) is 18.5 Å². The van der Waals surface area contributed by atoms with E-state index in [-0.39, 0.29) is 6.04 Å². The Hall–Kier alpha value is -1.03. The average Bonchev–Trinajstić information content (AvgIpc) is 2.78.